The smallest absolute Gasteiger partial charge is 0.245 e. The van der Waals surface area contributed by atoms with E-state index >= 15 is 0 Å². The standard InChI is InChI=1S/C63H98N16O11/c1-38(2)32-48(76-60(88)50(71-52(81)37-66)35-42-22-11-7-12-23-42)58(86)73-44(26-15-17-29-64)55(83)72-46(28-19-31-70-63(68)69)56(84)77-51(36-43-24-13-8-14-25-43)61(89)74-45(27-16-18-30-65)57(85)79-53(40(5)80)62(90)78-49(33-39(3)4)59(87)75-47(54(67)82)34-41-20-9-6-10-21-41/h6-14,20-25,38-40,44-51,53,80H,15-19,26-37,64-66H2,1-5H3,(H2,67,82)(H,71,81)(H,72,83)(H,73,86)(H,74,89)(H,75,87)(H,76,88)(H,77,84)(H,78,90)(H,79,85)(H4,68,69,70)/t40-,44+,45+,46+,47+,48+,49+,50+,51+,53+/m1/s1. The number of unbranched alkanes of at least 4 members (excludes halogenated alkanes) is 2. The molecule has 0 saturated heterocycles. The van der Waals surface area contributed by atoms with E-state index in [0.29, 0.717) is 31.2 Å². The predicted octanol–water partition coefficient (Wildman–Crippen LogP) is -1.69. The van der Waals surface area contributed by atoms with Gasteiger partial charge >= 0.3 is 0 Å². The summed E-state index contributed by atoms with van der Waals surface area (Å²) < 4.78 is 0. The van der Waals surface area contributed by atoms with Gasteiger partial charge in [-0.3, -0.25) is 52.9 Å². The Hall–Kier alpha value is -8.53. The van der Waals surface area contributed by atoms with Crippen molar-refractivity contribution in [2.45, 2.75) is 179 Å². The van der Waals surface area contributed by atoms with Gasteiger partial charge in [0.2, 0.25) is 59.1 Å². The molecule has 3 aromatic carbocycles. The Bertz CT molecular complexity index is 2770. The third kappa shape index (κ3) is 28.7. The summed E-state index contributed by atoms with van der Waals surface area (Å²) in [5, 5.41) is 35.2. The van der Waals surface area contributed by atoms with Crippen LogP contribution in [-0.2, 0) is 67.2 Å². The van der Waals surface area contributed by atoms with Crippen LogP contribution in [0.15, 0.2) is 96.0 Å². The number of amides is 10. The summed E-state index contributed by atoms with van der Waals surface area (Å²) in [7, 11) is 0. The van der Waals surface area contributed by atoms with E-state index in [1.165, 1.54) is 6.92 Å². The molecule has 0 spiro atoms. The van der Waals surface area contributed by atoms with E-state index in [-0.39, 0.29) is 95.2 Å². The number of aliphatic hydroxyl groups is 1. The Labute approximate surface area is 527 Å². The lowest BCUT2D eigenvalue weighted by Gasteiger charge is -2.29. The van der Waals surface area contributed by atoms with Gasteiger partial charge in [-0.1, -0.05) is 119 Å². The lowest BCUT2D eigenvalue weighted by Crippen LogP contribution is -2.62. The average Bonchev–Trinajstić information content (AvgIpc) is 3.26. The Morgan fingerprint density at radius 2 is 0.722 bits per heavy atom. The van der Waals surface area contributed by atoms with Crippen molar-refractivity contribution in [2.75, 3.05) is 26.2 Å². The number of benzene rings is 3. The summed E-state index contributed by atoms with van der Waals surface area (Å²) in [6.07, 6.45) is 0.285. The van der Waals surface area contributed by atoms with E-state index in [2.05, 4.69) is 52.8 Å². The van der Waals surface area contributed by atoms with Gasteiger partial charge in [-0.25, -0.2) is 0 Å². The predicted molar refractivity (Wildman–Crippen MR) is 342 cm³/mol. The molecule has 0 bridgehead atoms. The van der Waals surface area contributed by atoms with Crippen LogP contribution in [0.3, 0.4) is 0 Å². The molecule has 22 N–H and O–H groups in total. The zero-order valence-corrected chi connectivity index (χ0v) is 52.6. The van der Waals surface area contributed by atoms with Gasteiger partial charge in [0.1, 0.15) is 54.4 Å². The van der Waals surface area contributed by atoms with Crippen LogP contribution in [0.2, 0.25) is 0 Å². The quantitative estimate of drug-likeness (QED) is 0.0171. The molecule has 27 nitrogen and oxygen atoms in total. The van der Waals surface area contributed by atoms with E-state index in [4.69, 9.17) is 34.4 Å². The van der Waals surface area contributed by atoms with Crippen LogP contribution in [0, 0.1) is 11.8 Å². The van der Waals surface area contributed by atoms with Crippen LogP contribution >= 0.6 is 0 Å². The van der Waals surface area contributed by atoms with Crippen molar-refractivity contribution in [3.63, 3.8) is 0 Å². The van der Waals surface area contributed by atoms with Crippen LogP contribution in [0.5, 0.6) is 0 Å². The van der Waals surface area contributed by atoms with E-state index in [1.54, 1.807) is 91.0 Å². The molecule has 27 heteroatoms. The maximum atomic E-state index is 14.8. The van der Waals surface area contributed by atoms with Crippen LogP contribution in [0.25, 0.3) is 0 Å². The van der Waals surface area contributed by atoms with E-state index in [1.807, 2.05) is 27.7 Å². The summed E-state index contributed by atoms with van der Waals surface area (Å²) in [5.41, 5.74) is 36.2. The molecule has 0 aliphatic rings. The Morgan fingerprint density at radius 1 is 0.400 bits per heavy atom. The first-order valence-electron chi connectivity index (χ1n) is 30.8. The third-order valence-corrected chi connectivity index (χ3v) is 14.5. The summed E-state index contributed by atoms with van der Waals surface area (Å²) >= 11 is 0. The molecule has 3 rings (SSSR count). The monoisotopic (exact) mass is 1250 g/mol. The number of primary amides is 1. The number of nitrogens with two attached hydrogens (primary N) is 6. The Balaban J connectivity index is 1.97. The van der Waals surface area contributed by atoms with Gasteiger partial charge in [-0.15, -0.1) is 0 Å². The minimum Gasteiger partial charge on any atom is -0.391 e. The van der Waals surface area contributed by atoms with Gasteiger partial charge in [-0.05, 0) is 113 Å². The fourth-order valence-corrected chi connectivity index (χ4v) is 9.70. The van der Waals surface area contributed by atoms with E-state index in [0.717, 1.165) is 11.1 Å². The zero-order valence-electron chi connectivity index (χ0n) is 52.6. The van der Waals surface area contributed by atoms with Gasteiger partial charge < -0.3 is 87.4 Å². The number of nitrogens with one attached hydrogen (secondary N) is 9. The molecule has 0 heterocycles. The van der Waals surface area contributed by atoms with Crippen molar-refractivity contribution in [3.8, 4) is 0 Å². The molecule has 0 radical (unpaired) electrons. The van der Waals surface area contributed by atoms with Gasteiger partial charge in [0.25, 0.3) is 0 Å². The first-order chi connectivity index (χ1) is 42.8. The SMILES string of the molecule is CC(C)C[C@H](NC(=O)[C@H](Cc1ccccc1)NC(=O)CN)C(=O)N[C@@H](CCCCN)C(=O)N[C@@H](CCCN=C(N)N)C(=O)N[C@@H](Cc1ccccc1)C(=O)N[C@@H](CCCCN)C(=O)N[C@H](C(=O)N[C@@H](CC(C)C)C(=O)N[C@@H](Cc1ccccc1)C(N)=O)[C@@H](C)O. The first-order valence-corrected chi connectivity index (χ1v) is 30.8. The number of carbonyl (C=O) groups is 10. The maximum absolute atomic E-state index is 14.8. The molecular weight excluding hydrogens is 1160 g/mol. The van der Waals surface area contributed by atoms with Crippen molar-refractivity contribution < 1.29 is 53.1 Å². The van der Waals surface area contributed by atoms with Gasteiger partial charge in [0.05, 0.1) is 12.6 Å². The molecule has 0 fully saturated rings. The molecule has 0 aliphatic heterocycles. The number of nitrogens with zero attached hydrogens (tertiary/aromatic N) is 1. The number of aliphatic imine (C=N–C) groups is 1. The van der Waals surface area contributed by atoms with E-state index in [9.17, 15) is 53.1 Å². The molecule has 0 unspecified atom stereocenters. The summed E-state index contributed by atoms with van der Waals surface area (Å²) in [5.74, 6) is -8.41. The molecule has 10 amide bonds. The van der Waals surface area contributed by atoms with Gasteiger partial charge in [0, 0.05) is 25.8 Å². The number of aliphatic hydroxyl groups excluding tert-OH is 1. The van der Waals surface area contributed by atoms with Crippen molar-refractivity contribution in [2.24, 2.45) is 51.2 Å². The van der Waals surface area contributed by atoms with Crippen molar-refractivity contribution in [1.29, 1.82) is 0 Å². The Morgan fingerprint density at radius 3 is 1.09 bits per heavy atom. The molecule has 10 atom stereocenters. The van der Waals surface area contributed by atoms with Crippen LogP contribution < -0.4 is 82.3 Å². The van der Waals surface area contributed by atoms with Gasteiger partial charge in [-0.2, -0.15) is 0 Å². The molecule has 90 heavy (non-hydrogen) atoms. The molecule has 496 valence electrons. The van der Waals surface area contributed by atoms with Crippen LogP contribution in [0.4, 0.5) is 0 Å². The lowest BCUT2D eigenvalue weighted by molar-refractivity contribution is -0.137. The molecule has 0 aromatic heterocycles. The molecular formula is C63H98N16O11. The highest BCUT2D eigenvalue weighted by atomic mass is 16.3. The summed E-state index contributed by atoms with van der Waals surface area (Å²) in [6, 6.07) is 14.5. The second-order valence-electron chi connectivity index (χ2n) is 23.2. The largest absolute Gasteiger partial charge is 0.391 e. The number of guanidine groups is 1. The van der Waals surface area contributed by atoms with Crippen molar-refractivity contribution in [3.05, 3.63) is 108 Å². The average molecular weight is 1260 g/mol. The summed E-state index contributed by atoms with van der Waals surface area (Å²) in [4.78, 5) is 144. The lowest BCUT2D eigenvalue weighted by atomic mass is 10.00. The number of rotatable bonds is 42. The Kier molecular flexibility index (Phi) is 34.4. The zero-order chi connectivity index (χ0) is 66.7. The topological polar surface area (TPSA) is 468 Å². The second-order valence-corrected chi connectivity index (χ2v) is 23.2. The number of carbonyl (C=O) groups excluding carboxylic acids is 10. The van der Waals surface area contributed by atoms with E-state index < -0.39 is 126 Å². The molecule has 0 aliphatic carbocycles. The summed E-state index contributed by atoms with van der Waals surface area (Å²) in [6.45, 7) is 8.67. The molecule has 3 aromatic rings. The number of hydrogen-bond donors (Lipinski definition) is 16. The normalized spacial score (nSPS) is 14.5. The van der Waals surface area contributed by atoms with Crippen LogP contribution in [0.1, 0.15) is 116 Å². The van der Waals surface area contributed by atoms with Crippen molar-refractivity contribution >= 4 is 65.0 Å². The minimum atomic E-state index is -1.68. The van der Waals surface area contributed by atoms with Crippen molar-refractivity contribution in [1.82, 2.24) is 47.9 Å². The fraction of sp³-hybridized carbons (Fsp3) is 0.540. The fourth-order valence-electron chi connectivity index (χ4n) is 9.70. The minimum absolute atomic E-state index is 0.0230. The second kappa shape index (κ2) is 40.9. The highest BCUT2D eigenvalue weighted by Crippen LogP contribution is 2.14. The molecule has 0 saturated carbocycles. The highest BCUT2D eigenvalue weighted by Gasteiger charge is 2.37. The third-order valence-electron chi connectivity index (χ3n) is 14.5. The maximum Gasteiger partial charge on any atom is 0.245 e. The number of hydrogen-bond acceptors (Lipinski definition) is 15. The first kappa shape index (κ1) is 75.7. The highest BCUT2D eigenvalue weighted by molar-refractivity contribution is 5.99. The van der Waals surface area contributed by atoms with Crippen LogP contribution in [-0.4, -0.2) is 157 Å². The van der Waals surface area contributed by atoms with Gasteiger partial charge in [0.15, 0.2) is 5.96 Å².